The minimum Gasteiger partial charge on any atom is -0.355 e. The van der Waals surface area contributed by atoms with Gasteiger partial charge in [-0.05, 0) is 19.4 Å². The molecule has 1 heterocycles. The van der Waals surface area contributed by atoms with E-state index >= 15 is 0 Å². The summed E-state index contributed by atoms with van der Waals surface area (Å²) in [5.74, 6) is 0.623. The molecule has 0 spiro atoms. The van der Waals surface area contributed by atoms with Gasteiger partial charge in [0.25, 0.3) is 0 Å². The van der Waals surface area contributed by atoms with Gasteiger partial charge < -0.3 is 15.1 Å². The van der Waals surface area contributed by atoms with Crippen LogP contribution in [0, 0.1) is 0 Å². The molecule has 0 radical (unpaired) electrons. The zero-order valence-electron chi connectivity index (χ0n) is 12.6. The van der Waals surface area contributed by atoms with Crippen LogP contribution >= 0.6 is 12.6 Å². The zero-order valence-corrected chi connectivity index (χ0v) is 13.5. The van der Waals surface area contributed by atoms with Crippen molar-refractivity contribution >= 4 is 24.4 Å². The van der Waals surface area contributed by atoms with Crippen LogP contribution in [0.5, 0.6) is 0 Å². The largest absolute Gasteiger partial charge is 0.355 e. The zero-order chi connectivity index (χ0) is 15.0. The number of hydrogen-bond donors (Lipinski definition) is 2. The van der Waals surface area contributed by atoms with E-state index in [0.717, 1.165) is 32.5 Å². The van der Waals surface area contributed by atoms with Crippen LogP contribution < -0.4 is 5.32 Å². The van der Waals surface area contributed by atoms with Crippen LogP contribution in [0.3, 0.4) is 0 Å². The SMILES string of the molecule is CCN1CCC(N(C)C(=O)CCC(=O)NCCS)CC1. The number of piperidine rings is 1. The molecular weight excluding hydrogens is 274 g/mol. The van der Waals surface area contributed by atoms with Crippen LogP contribution in [-0.2, 0) is 9.59 Å². The molecule has 1 aliphatic heterocycles. The van der Waals surface area contributed by atoms with Crippen molar-refractivity contribution in [3.63, 3.8) is 0 Å². The first-order valence-electron chi connectivity index (χ1n) is 7.44. The predicted octanol–water partition coefficient (Wildman–Crippen LogP) is 0.755. The number of likely N-dealkylation sites (tertiary alicyclic amines) is 1. The van der Waals surface area contributed by atoms with Crippen molar-refractivity contribution in [3.05, 3.63) is 0 Å². The molecule has 20 heavy (non-hydrogen) atoms. The number of thiol groups is 1. The Morgan fingerprint density at radius 2 is 1.95 bits per heavy atom. The highest BCUT2D eigenvalue weighted by atomic mass is 32.1. The normalized spacial score (nSPS) is 16.9. The van der Waals surface area contributed by atoms with Gasteiger partial charge in [0.15, 0.2) is 0 Å². The molecule has 1 fully saturated rings. The van der Waals surface area contributed by atoms with Gasteiger partial charge in [-0.2, -0.15) is 12.6 Å². The molecular formula is C14H27N3O2S. The summed E-state index contributed by atoms with van der Waals surface area (Å²) in [7, 11) is 1.86. The van der Waals surface area contributed by atoms with Gasteiger partial charge in [-0.25, -0.2) is 0 Å². The Labute approximate surface area is 127 Å². The number of nitrogens with one attached hydrogen (secondary N) is 1. The molecule has 0 unspecified atom stereocenters. The third kappa shape index (κ3) is 5.71. The molecule has 0 saturated carbocycles. The molecule has 0 bridgehead atoms. The van der Waals surface area contributed by atoms with Gasteiger partial charge in [0, 0.05) is 51.3 Å². The van der Waals surface area contributed by atoms with Crippen LogP contribution in [0.4, 0.5) is 0 Å². The lowest BCUT2D eigenvalue weighted by molar-refractivity contribution is -0.135. The molecule has 2 amide bonds. The molecule has 1 saturated heterocycles. The highest BCUT2D eigenvalue weighted by Crippen LogP contribution is 2.16. The quantitative estimate of drug-likeness (QED) is 0.683. The molecule has 0 aromatic rings. The number of amides is 2. The summed E-state index contributed by atoms with van der Waals surface area (Å²) in [4.78, 5) is 27.8. The van der Waals surface area contributed by atoms with Crippen molar-refractivity contribution in [2.24, 2.45) is 0 Å². The second-order valence-electron chi connectivity index (χ2n) is 5.24. The maximum absolute atomic E-state index is 12.1. The Morgan fingerprint density at radius 1 is 1.30 bits per heavy atom. The van der Waals surface area contributed by atoms with Crippen LogP contribution in [0.2, 0.25) is 0 Å². The first kappa shape index (κ1) is 17.3. The third-order valence-electron chi connectivity index (χ3n) is 3.95. The number of carbonyl (C=O) groups is 2. The Hall–Kier alpha value is -0.750. The minimum atomic E-state index is -0.0680. The summed E-state index contributed by atoms with van der Waals surface area (Å²) in [6, 6.07) is 0.325. The molecule has 1 aliphatic rings. The van der Waals surface area contributed by atoms with E-state index in [2.05, 4.69) is 29.8 Å². The Morgan fingerprint density at radius 3 is 2.50 bits per heavy atom. The fourth-order valence-corrected chi connectivity index (χ4v) is 2.62. The predicted molar refractivity (Wildman–Crippen MR) is 84.0 cm³/mol. The number of rotatable bonds is 7. The lowest BCUT2D eigenvalue weighted by Gasteiger charge is -2.36. The van der Waals surface area contributed by atoms with Crippen molar-refractivity contribution in [2.45, 2.75) is 38.6 Å². The molecule has 116 valence electrons. The van der Waals surface area contributed by atoms with E-state index in [1.807, 2.05) is 11.9 Å². The van der Waals surface area contributed by atoms with Crippen molar-refractivity contribution in [1.82, 2.24) is 15.1 Å². The summed E-state index contributed by atoms with van der Waals surface area (Å²) in [5, 5.41) is 2.73. The molecule has 0 atom stereocenters. The maximum Gasteiger partial charge on any atom is 0.223 e. The number of hydrogen-bond acceptors (Lipinski definition) is 4. The van der Waals surface area contributed by atoms with Gasteiger partial charge in [0.1, 0.15) is 0 Å². The molecule has 0 aromatic carbocycles. The standard InChI is InChI=1S/C14H27N3O2S/c1-3-17-9-6-12(7-10-17)16(2)14(19)5-4-13(18)15-8-11-20/h12,20H,3-11H2,1-2H3,(H,15,18). The van der Waals surface area contributed by atoms with Gasteiger partial charge >= 0.3 is 0 Å². The van der Waals surface area contributed by atoms with Crippen LogP contribution in [0.1, 0.15) is 32.6 Å². The molecule has 0 aliphatic carbocycles. The van der Waals surface area contributed by atoms with E-state index in [1.54, 1.807) is 0 Å². The lowest BCUT2D eigenvalue weighted by Crippen LogP contribution is -2.45. The monoisotopic (exact) mass is 301 g/mol. The fraction of sp³-hybridized carbons (Fsp3) is 0.857. The van der Waals surface area contributed by atoms with Gasteiger partial charge in [-0.1, -0.05) is 6.92 Å². The summed E-state index contributed by atoms with van der Waals surface area (Å²) in [5.41, 5.74) is 0. The van der Waals surface area contributed by atoms with E-state index in [0.29, 0.717) is 24.8 Å². The summed E-state index contributed by atoms with van der Waals surface area (Å²) < 4.78 is 0. The first-order valence-corrected chi connectivity index (χ1v) is 8.07. The van der Waals surface area contributed by atoms with E-state index in [1.165, 1.54) is 0 Å². The van der Waals surface area contributed by atoms with Crippen LogP contribution in [-0.4, -0.2) is 66.6 Å². The van der Waals surface area contributed by atoms with E-state index in [-0.39, 0.29) is 18.2 Å². The molecule has 6 heteroatoms. The highest BCUT2D eigenvalue weighted by molar-refractivity contribution is 7.80. The smallest absolute Gasteiger partial charge is 0.223 e. The van der Waals surface area contributed by atoms with Gasteiger partial charge in [-0.3, -0.25) is 9.59 Å². The van der Waals surface area contributed by atoms with E-state index in [9.17, 15) is 9.59 Å². The molecule has 0 aromatic heterocycles. The van der Waals surface area contributed by atoms with Crippen molar-refractivity contribution in [3.8, 4) is 0 Å². The average Bonchev–Trinajstić information content (AvgIpc) is 2.49. The summed E-state index contributed by atoms with van der Waals surface area (Å²) >= 11 is 4.03. The van der Waals surface area contributed by atoms with Gasteiger partial charge in [0.05, 0.1) is 0 Å². The Kier molecular flexibility index (Phi) is 7.99. The second-order valence-corrected chi connectivity index (χ2v) is 5.69. The topological polar surface area (TPSA) is 52.7 Å². The van der Waals surface area contributed by atoms with E-state index in [4.69, 9.17) is 0 Å². The van der Waals surface area contributed by atoms with Crippen molar-refractivity contribution < 1.29 is 9.59 Å². The fourth-order valence-electron chi connectivity index (χ4n) is 2.51. The molecule has 5 nitrogen and oxygen atoms in total. The van der Waals surface area contributed by atoms with Crippen LogP contribution in [0.25, 0.3) is 0 Å². The summed E-state index contributed by atoms with van der Waals surface area (Å²) in [6.45, 7) is 5.91. The minimum absolute atomic E-state index is 0.0680. The van der Waals surface area contributed by atoms with Gasteiger partial charge in [0.2, 0.25) is 11.8 Å². The Balaban J connectivity index is 2.27. The molecule has 1 rings (SSSR count). The van der Waals surface area contributed by atoms with Crippen molar-refractivity contribution in [2.75, 3.05) is 39.0 Å². The number of nitrogens with zero attached hydrogens (tertiary/aromatic N) is 2. The lowest BCUT2D eigenvalue weighted by atomic mass is 10.0. The molecule has 1 N–H and O–H groups in total. The highest BCUT2D eigenvalue weighted by Gasteiger charge is 2.24. The summed E-state index contributed by atoms with van der Waals surface area (Å²) in [6.07, 6.45) is 2.62. The van der Waals surface area contributed by atoms with Crippen LogP contribution in [0.15, 0.2) is 0 Å². The van der Waals surface area contributed by atoms with Gasteiger partial charge in [-0.15, -0.1) is 0 Å². The first-order chi connectivity index (χ1) is 9.58. The maximum atomic E-state index is 12.1. The van der Waals surface area contributed by atoms with E-state index < -0.39 is 0 Å². The number of carbonyl (C=O) groups excluding carboxylic acids is 2. The Bertz CT molecular complexity index is 318. The third-order valence-corrected chi connectivity index (χ3v) is 4.17. The van der Waals surface area contributed by atoms with Crippen molar-refractivity contribution in [1.29, 1.82) is 0 Å². The average molecular weight is 301 g/mol. The second kappa shape index (κ2) is 9.23.